The fourth-order valence-electron chi connectivity index (χ4n) is 5.85. The molecule has 0 aliphatic carbocycles. The molecule has 0 N–H and O–H groups in total. The highest BCUT2D eigenvalue weighted by Gasteiger charge is 2.19. The summed E-state index contributed by atoms with van der Waals surface area (Å²) in [6.07, 6.45) is 0. The number of hydrogen-bond donors (Lipinski definition) is 0. The van der Waals surface area contributed by atoms with E-state index in [9.17, 15) is 0 Å². The summed E-state index contributed by atoms with van der Waals surface area (Å²) < 4.78 is 78.9. The Morgan fingerprint density at radius 1 is 0.436 bits per heavy atom. The van der Waals surface area contributed by atoms with Crippen molar-refractivity contribution in [3.8, 4) is 33.4 Å². The maximum absolute atomic E-state index is 9.07. The van der Waals surface area contributed by atoms with Gasteiger partial charge in [-0.3, -0.25) is 0 Å². The Morgan fingerprint density at radius 3 is 1.97 bits per heavy atom. The van der Waals surface area contributed by atoms with Crippen molar-refractivity contribution in [3.63, 3.8) is 0 Å². The second-order valence-corrected chi connectivity index (χ2v) is 10.9. The van der Waals surface area contributed by atoms with E-state index in [1.807, 2.05) is 24.3 Å². The molecular weight excluding hydrogens is 488 g/mol. The van der Waals surface area contributed by atoms with Crippen molar-refractivity contribution in [3.05, 3.63) is 133 Å². The fourth-order valence-corrected chi connectivity index (χ4v) is 6.98. The first-order valence-electron chi connectivity index (χ1n) is 17.2. The lowest BCUT2D eigenvalue weighted by Crippen LogP contribution is -1.93. The van der Waals surface area contributed by atoms with Gasteiger partial charge in [-0.25, -0.2) is 0 Å². The van der Waals surface area contributed by atoms with Crippen molar-refractivity contribution >= 4 is 54.9 Å². The molecule has 0 saturated carbocycles. The zero-order valence-corrected chi connectivity index (χ0v) is 21.2. The van der Waals surface area contributed by atoms with E-state index in [1.54, 1.807) is 11.8 Å². The molecule has 0 radical (unpaired) electrons. The van der Waals surface area contributed by atoms with Crippen LogP contribution in [-0.4, -0.2) is 0 Å². The molecule has 0 aromatic heterocycles. The molecule has 1 heterocycles. The minimum Gasteiger partial charge on any atom is -0.0888 e. The Bertz CT molecular complexity index is 2710. The molecule has 39 heavy (non-hydrogen) atoms. The third-order valence-corrected chi connectivity index (χ3v) is 8.81. The topological polar surface area (TPSA) is 0 Å². The molecule has 0 fully saturated rings. The van der Waals surface area contributed by atoms with Crippen molar-refractivity contribution in [2.75, 3.05) is 0 Å². The minimum atomic E-state index is -0.480. The first kappa shape index (κ1) is 14.5. The van der Waals surface area contributed by atoms with E-state index < -0.39 is 24.2 Å². The second-order valence-electron chi connectivity index (χ2n) is 9.80. The highest BCUT2D eigenvalue weighted by molar-refractivity contribution is 7.99. The van der Waals surface area contributed by atoms with Crippen LogP contribution in [0.1, 0.15) is 12.3 Å². The Labute approximate surface area is 243 Å². The van der Waals surface area contributed by atoms with Crippen LogP contribution in [0.4, 0.5) is 0 Å². The molecule has 1 aliphatic rings. The minimum absolute atomic E-state index is 0.0218. The Balaban J connectivity index is 1.27. The van der Waals surface area contributed by atoms with Crippen LogP contribution in [0.15, 0.2) is 143 Å². The first-order valence-corrected chi connectivity index (χ1v) is 13.5. The summed E-state index contributed by atoms with van der Waals surface area (Å²) in [5, 5.41) is 2.86. The van der Waals surface area contributed by atoms with E-state index in [0.29, 0.717) is 5.56 Å². The van der Waals surface area contributed by atoms with Gasteiger partial charge in [0.25, 0.3) is 0 Å². The highest BCUT2D eigenvalue weighted by Crippen LogP contribution is 2.49. The largest absolute Gasteiger partial charge is 0.0888 e. The Hall–Kier alpha value is -4.59. The smallest absolute Gasteiger partial charge is 0.0630 e. The van der Waals surface area contributed by atoms with E-state index in [-0.39, 0.29) is 68.1 Å². The molecule has 1 heteroatoms. The predicted molar refractivity (Wildman–Crippen MR) is 168 cm³/mol. The van der Waals surface area contributed by atoms with E-state index in [0.717, 1.165) is 16.7 Å². The highest BCUT2D eigenvalue weighted by atomic mass is 32.2. The van der Waals surface area contributed by atoms with Crippen LogP contribution in [0, 0.1) is 0 Å². The first-order chi connectivity index (χ1) is 23.1. The molecule has 0 bridgehead atoms. The van der Waals surface area contributed by atoms with E-state index >= 15 is 0 Å². The zero-order chi connectivity index (χ0) is 33.3. The molecule has 180 valence electrons. The van der Waals surface area contributed by atoms with Gasteiger partial charge in [-0.15, -0.1) is 0 Å². The Morgan fingerprint density at radius 2 is 1.13 bits per heavy atom. The van der Waals surface area contributed by atoms with Crippen LogP contribution in [0.25, 0.3) is 76.5 Å². The summed E-state index contributed by atoms with van der Waals surface area (Å²) in [6.45, 7) is 0. The molecule has 9 rings (SSSR count). The van der Waals surface area contributed by atoms with Crippen molar-refractivity contribution in [1.29, 1.82) is 0 Å². The monoisotopic (exact) mass is 519 g/mol. The van der Waals surface area contributed by atoms with Gasteiger partial charge in [0.05, 0.1) is 12.3 Å². The quantitative estimate of drug-likeness (QED) is 0.205. The van der Waals surface area contributed by atoms with Crippen LogP contribution in [0.5, 0.6) is 0 Å². The predicted octanol–water partition coefficient (Wildman–Crippen LogP) is 11.2. The number of rotatable bonds is 2. The summed E-state index contributed by atoms with van der Waals surface area (Å²) in [5.41, 5.74) is 5.09. The van der Waals surface area contributed by atoms with Gasteiger partial charge in [-0.1, -0.05) is 127 Å². The number of hydrogen-bond acceptors (Lipinski definition) is 1. The maximum Gasteiger partial charge on any atom is 0.0630 e. The van der Waals surface area contributed by atoms with Gasteiger partial charge >= 0.3 is 0 Å². The molecular formula is C38H22S. The van der Waals surface area contributed by atoms with Crippen LogP contribution < -0.4 is 0 Å². The van der Waals surface area contributed by atoms with Gasteiger partial charge in [0.1, 0.15) is 0 Å². The average molecular weight is 520 g/mol. The molecule has 8 aromatic rings. The van der Waals surface area contributed by atoms with Crippen LogP contribution in [0.3, 0.4) is 0 Å². The van der Waals surface area contributed by atoms with Gasteiger partial charge < -0.3 is 0 Å². The van der Waals surface area contributed by atoms with Crippen molar-refractivity contribution in [2.45, 2.75) is 9.79 Å². The molecule has 0 nitrogen and oxygen atoms in total. The van der Waals surface area contributed by atoms with E-state index in [4.69, 9.17) is 12.3 Å². The summed E-state index contributed by atoms with van der Waals surface area (Å²) in [6, 6.07) is 23.5. The Kier molecular flexibility index (Phi) is 2.97. The molecule has 0 unspecified atom stereocenters. The molecule has 0 saturated heterocycles. The molecule has 0 spiro atoms. The lowest BCUT2D eigenvalue weighted by molar-refractivity contribution is 1.39. The second kappa shape index (κ2) is 7.96. The number of fused-ring (bicyclic) bond motifs is 2. The fraction of sp³-hybridized carbons (Fsp3) is 0. The normalized spacial score (nSPS) is 15.7. The SMILES string of the molecule is [2H]c1c([2H])c2c([2H])c([2H])c3c([2H])c([2H])c(-c4ccc(-c5ccc6c(c5)-c5cccc7cccc(c57)S6)cc4)c4c([2H])c([2H])c(c1[2H])c2c34. The van der Waals surface area contributed by atoms with Crippen molar-refractivity contribution in [2.24, 2.45) is 0 Å². The molecule has 1 aliphatic heterocycles. The third-order valence-electron chi connectivity index (χ3n) is 7.68. The average Bonchev–Trinajstić information content (AvgIpc) is 3.09. The van der Waals surface area contributed by atoms with Crippen LogP contribution in [-0.2, 0) is 0 Å². The van der Waals surface area contributed by atoms with E-state index in [2.05, 4.69) is 54.6 Å². The lowest BCUT2D eigenvalue weighted by atomic mass is 9.89. The summed E-state index contributed by atoms with van der Waals surface area (Å²) in [4.78, 5) is 2.42. The third kappa shape index (κ3) is 3.08. The zero-order valence-electron chi connectivity index (χ0n) is 29.4. The summed E-state index contributed by atoms with van der Waals surface area (Å²) >= 11 is 1.76. The molecule has 0 atom stereocenters. The van der Waals surface area contributed by atoms with E-state index in [1.165, 1.54) is 26.1 Å². The number of benzene rings is 8. The summed E-state index contributed by atoms with van der Waals surface area (Å²) in [5.74, 6) is 0. The maximum atomic E-state index is 9.07. The van der Waals surface area contributed by atoms with Crippen molar-refractivity contribution < 1.29 is 12.3 Å². The van der Waals surface area contributed by atoms with Gasteiger partial charge in [0, 0.05) is 15.2 Å². The van der Waals surface area contributed by atoms with Crippen LogP contribution in [0.2, 0.25) is 0 Å². The van der Waals surface area contributed by atoms with Gasteiger partial charge in [0.2, 0.25) is 0 Å². The van der Waals surface area contributed by atoms with Gasteiger partial charge in [-0.05, 0) is 89.3 Å². The van der Waals surface area contributed by atoms with Crippen LogP contribution >= 0.6 is 11.8 Å². The molecule has 8 aromatic carbocycles. The van der Waals surface area contributed by atoms with Crippen molar-refractivity contribution in [1.82, 2.24) is 0 Å². The lowest BCUT2D eigenvalue weighted by Gasteiger charge is -2.21. The van der Waals surface area contributed by atoms with Gasteiger partial charge in [0.15, 0.2) is 0 Å². The summed E-state index contributed by atoms with van der Waals surface area (Å²) in [7, 11) is 0. The molecule has 0 amide bonds. The van der Waals surface area contributed by atoms with Gasteiger partial charge in [-0.2, -0.15) is 0 Å². The standard InChI is InChI=1S/C38H22S/c1-4-26-14-15-28-16-19-30(32-20-17-27(5-1)36(26)38(28)32)24-12-10-23(11-13-24)29-18-21-34-33(22-29)31-8-2-6-25-7-3-9-35(39-34)37(25)31/h1-22H/i1D,4D,5D,14D,15D,16D,17D,19D,20D.